The molecule has 0 saturated carbocycles. The summed E-state index contributed by atoms with van der Waals surface area (Å²) >= 11 is 0. The van der Waals surface area contributed by atoms with E-state index in [9.17, 15) is 4.79 Å². The van der Waals surface area contributed by atoms with Crippen molar-refractivity contribution in [3.63, 3.8) is 0 Å². The maximum atomic E-state index is 10.5. The Kier molecular flexibility index (Phi) is 3.35. The van der Waals surface area contributed by atoms with Gasteiger partial charge in [-0.25, -0.2) is 4.79 Å². The van der Waals surface area contributed by atoms with Crippen LogP contribution in [0, 0.1) is 5.41 Å². The van der Waals surface area contributed by atoms with Crippen molar-refractivity contribution in [2.24, 2.45) is 0 Å². The third-order valence-corrected chi connectivity index (χ3v) is 0.646. The molecule has 0 heterocycles. The lowest BCUT2D eigenvalue weighted by molar-refractivity contribution is -0.137. The largest absolute Gasteiger partial charge is 0.457 e. The van der Waals surface area contributed by atoms with Gasteiger partial charge < -0.3 is 10.1 Å². The minimum absolute atomic E-state index is 0.0334. The highest BCUT2D eigenvalue weighted by Crippen LogP contribution is 1.89. The predicted octanol–water partition coefficient (Wildman–Crippen LogP) is 0.755. The molecular weight excluding hydrogens is 118 g/mol. The SMILES string of the molecule is C=C(C)C(=O)OCC=N. The van der Waals surface area contributed by atoms with Crippen LogP contribution in [0.2, 0.25) is 0 Å². The van der Waals surface area contributed by atoms with Gasteiger partial charge in [-0.15, -0.1) is 0 Å². The second-order valence-corrected chi connectivity index (χ2v) is 1.58. The number of hydrogen-bond donors (Lipinski definition) is 1. The quantitative estimate of drug-likeness (QED) is 0.345. The van der Waals surface area contributed by atoms with Crippen LogP contribution in [0.1, 0.15) is 6.92 Å². The fourth-order valence-electron chi connectivity index (χ4n) is 0.241. The third kappa shape index (κ3) is 3.46. The van der Waals surface area contributed by atoms with E-state index in [-0.39, 0.29) is 6.61 Å². The zero-order valence-corrected chi connectivity index (χ0v) is 5.31. The first-order chi connectivity index (χ1) is 4.18. The van der Waals surface area contributed by atoms with Crippen LogP contribution in [0.5, 0.6) is 0 Å². The number of hydrogen-bond acceptors (Lipinski definition) is 3. The van der Waals surface area contributed by atoms with Crippen LogP contribution in [0.4, 0.5) is 0 Å². The summed E-state index contributed by atoms with van der Waals surface area (Å²) in [4.78, 5) is 10.5. The van der Waals surface area contributed by atoms with E-state index in [0.29, 0.717) is 5.57 Å². The second kappa shape index (κ2) is 3.83. The van der Waals surface area contributed by atoms with Gasteiger partial charge in [-0.3, -0.25) is 0 Å². The molecule has 3 heteroatoms. The van der Waals surface area contributed by atoms with E-state index in [2.05, 4.69) is 11.3 Å². The number of rotatable bonds is 3. The molecule has 1 N–H and O–H groups in total. The van der Waals surface area contributed by atoms with Crippen LogP contribution in [-0.4, -0.2) is 18.8 Å². The van der Waals surface area contributed by atoms with Crippen LogP contribution >= 0.6 is 0 Å². The molecule has 0 radical (unpaired) electrons. The van der Waals surface area contributed by atoms with Crippen molar-refractivity contribution in [2.75, 3.05) is 6.61 Å². The fourth-order valence-corrected chi connectivity index (χ4v) is 0.241. The van der Waals surface area contributed by atoms with Gasteiger partial charge in [-0.1, -0.05) is 6.58 Å². The molecule has 0 bridgehead atoms. The van der Waals surface area contributed by atoms with E-state index < -0.39 is 5.97 Å². The lowest BCUT2D eigenvalue weighted by Crippen LogP contribution is -2.06. The molecule has 0 spiro atoms. The number of ether oxygens (including phenoxy) is 1. The van der Waals surface area contributed by atoms with Crippen molar-refractivity contribution in [1.82, 2.24) is 0 Å². The lowest BCUT2D eigenvalue weighted by atomic mass is 10.4. The van der Waals surface area contributed by atoms with Gasteiger partial charge in [0.2, 0.25) is 0 Å². The maximum absolute atomic E-state index is 10.5. The molecule has 50 valence electrons. The van der Waals surface area contributed by atoms with Gasteiger partial charge in [0.1, 0.15) is 6.61 Å². The number of carbonyl (C=O) groups excluding carboxylic acids is 1. The smallest absolute Gasteiger partial charge is 0.333 e. The van der Waals surface area contributed by atoms with Crippen LogP contribution in [-0.2, 0) is 9.53 Å². The van der Waals surface area contributed by atoms with Gasteiger partial charge in [-0.05, 0) is 6.92 Å². The maximum Gasteiger partial charge on any atom is 0.333 e. The van der Waals surface area contributed by atoms with E-state index in [1.807, 2.05) is 0 Å². The summed E-state index contributed by atoms with van der Waals surface area (Å²) < 4.78 is 4.47. The van der Waals surface area contributed by atoms with Crippen LogP contribution in [0.3, 0.4) is 0 Å². The molecule has 0 rings (SSSR count). The molecule has 0 aliphatic carbocycles. The van der Waals surface area contributed by atoms with Crippen molar-refractivity contribution in [3.8, 4) is 0 Å². The molecule has 0 aliphatic rings. The zero-order valence-electron chi connectivity index (χ0n) is 5.31. The lowest BCUT2D eigenvalue weighted by Gasteiger charge is -1.97. The number of carbonyl (C=O) groups is 1. The summed E-state index contributed by atoms with van der Waals surface area (Å²) in [5.74, 6) is -0.446. The Morgan fingerprint density at radius 3 is 2.78 bits per heavy atom. The molecule has 0 atom stereocenters. The van der Waals surface area contributed by atoms with E-state index in [1.54, 1.807) is 6.92 Å². The van der Waals surface area contributed by atoms with Crippen LogP contribution < -0.4 is 0 Å². The Morgan fingerprint density at radius 2 is 2.44 bits per heavy atom. The predicted molar refractivity (Wildman–Crippen MR) is 34.6 cm³/mol. The fraction of sp³-hybridized carbons (Fsp3) is 0.333. The molecule has 0 aromatic carbocycles. The summed E-state index contributed by atoms with van der Waals surface area (Å²) in [6.45, 7) is 4.95. The van der Waals surface area contributed by atoms with Crippen molar-refractivity contribution < 1.29 is 9.53 Å². The van der Waals surface area contributed by atoms with Gasteiger partial charge >= 0.3 is 5.97 Å². The highest BCUT2D eigenvalue weighted by Gasteiger charge is 1.99. The highest BCUT2D eigenvalue weighted by molar-refractivity contribution is 5.87. The number of nitrogens with one attached hydrogen (secondary N) is 1. The van der Waals surface area contributed by atoms with Crippen molar-refractivity contribution >= 4 is 12.2 Å². The minimum Gasteiger partial charge on any atom is -0.457 e. The minimum atomic E-state index is -0.446. The van der Waals surface area contributed by atoms with Crippen molar-refractivity contribution in [1.29, 1.82) is 5.41 Å². The summed E-state index contributed by atoms with van der Waals surface area (Å²) in [6, 6.07) is 0. The second-order valence-electron chi connectivity index (χ2n) is 1.58. The Morgan fingerprint density at radius 1 is 1.89 bits per heavy atom. The van der Waals surface area contributed by atoms with Crippen molar-refractivity contribution in [2.45, 2.75) is 6.92 Å². The molecular formula is C6H9NO2. The Balaban J connectivity index is 3.51. The topological polar surface area (TPSA) is 50.2 Å². The first kappa shape index (κ1) is 7.88. The molecule has 0 unspecified atom stereocenters. The molecule has 0 amide bonds. The molecule has 0 aromatic heterocycles. The average Bonchev–Trinajstić information content (AvgIpc) is 1.82. The van der Waals surface area contributed by atoms with E-state index in [0.717, 1.165) is 6.21 Å². The highest BCUT2D eigenvalue weighted by atomic mass is 16.5. The molecule has 0 aromatic rings. The summed E-state index contributed by atoms with van der Waals surface area (Å²) in [5.41, 5.74) is 0.358. The number of esters is 1. The Hall–Kier alpha value is -1.12. The zero-order chi connectivity index (χ0) is 7.28. The monoisotopic (exact) mass is 127 g/mol. The molecule has 0 saturated heterocycles. The first-order valence-corrected chi connectivity index (χ1v) is 2.50. The van der Waals surface area contributed by atoms with Crippen LogP contribution in [0.25, 0.3) is 0 Å². The summed E-state index contributed by atoms with van der Waals surface area (Å²) in [6.07, 6.45) is 1.01. The van der Waals surface area contributed by atoms with Crippen LogP contribution in [0.15, 0.2) is 12.2 Å². The third-order valence-electron chi connectivity index (χ3n) is 0.646. The molecule has 0 aliphatic heterocycles. The standard InChI is InChI=1S/C6H9NO2/c1-5(2)6(8)9-4-3-7/h3,7H,1,4H2,2H3. The summed E-state index contributed by atoms with van der Waals surface area (Å²) in [7, 11) is 0. The van der Waals surface area contributed by atoms with Gasteiger partial charge in [0.05, 0.1) is 0 Å². The Labute approximate surface area is 53.8 Å². The van der Waals surface area contributed by atoms with Gasteiger partial charge in [0.15, 0.2) is 0 Å². The van der Waals surface area contributed by atoms with E-state index in [4.69, 9.17) is 5.41 Å². The van der Waals surface area contributed by atoms with Gasteiger partial charge in [0, 0.05) is 11.8 Å². The van der Waals surface area contributed by atoms with Gasteiger partial charge in [-0.2, -0.15) is 0 Å². The normalized spacial score (nSPS) is 8.11. The Bertz CT molecular complexity index is 140. The average molecular weight is 127 g/mol. The first-order valence-electron chi connectivity index (χ1n) is 2.50. The molecule has 0 fully saturated rings. The van der Waals surface area contributed by atoms with Gasteiger partial charge in [0.25, 0.3) is 0 Å². The van der Waals surface area contributed by atoms with E-state index in [1.165, 1.54) is 0 Å². The van der Waals surface area contributed by atoms with E-state index >= 15 is 0 Å². The molecule has 3 nitrogen and oxygen atoms in total. The summed E-state index contributed by atoms with van der Waals surface area (Å²) in [5, 5.41) is 6.51. The van der Waals surface area contributed by atoms with Crippen molar-refractivity contribution in [3.05, 3.63) is 12.2 Å². The molecule has 9 heavy (non-hydrogen) atoms.